The summed E-state index contributed by atoms with van der Waals surface area (Å²) in [6.07, 6.45) is 0. The smallest absolute Gasteiger partial charge is 0.254 e. The first-order valence-electron chi connectivity index (χ1n) is 11.0. The molecule has 2 heterocycles. The van der Waals surface area contributed by atoms with Crippen LogP contribution < -0.4 is 10.6 Å². The van der Waals surface area contributed by atoms with Crippen LogP contribution in [0.2, 0.25) is 0 Å². The Morgan fingerprint density at radius 2 is 1.87 bits per heavy atom. The molecule has 162 valence electrons. The molecule has 0 bridgehead atoms. The van der Waals surface area contributed by atoms with Crippen molar-refractivity contribution < 1.29 is 9.53 Å². The van der Waals surface area contributed by atoms with Gasteiger partial charge >= 0.3 is 0 Å². The van der Waals surface area contributed by atoms with Crippen LogP contribution in [0, 0.1) is 6.92 Å². The average molecular weight is 419 g/mol. The minimum Gasteiger partial charge on any atom is -0.382 e. The third-order valence-corrected chi connectivity index (χ3v) is 6.02. The topological polar surface area (TPSA) is 71.7 Å². The van der Waals surface area contributed by atoms with Gasteiger partial charge in [0.05, 0.1) is 24.4 Å². The highest BCUT2D eigenvalue weighted by Gasteiger charge is 2.20. The van der Waals surface area contributed by atoms with E-state index in [1.807, 2.05) is 43.0 Å². The highest BCUT2D eigenvalue weighted by Crippen LogP contribution is 2.33. The maximum Gasteiger partial charge on any atom is 0.254 e. The number of anilines is 2. The van der Waals surface area contributed by atoms with Crippen molar-refractivity contribution in [3.05, 3.63) is 53.6 Å². The summed E-state index contributed by atoms with van der Waals surface area (Å²) in [5.41, 5.74) is 11.9. The van der Waals surface area contributed by atoms with Crippen LogP contribution in [-0.4, -0.2) is 55.2 Å². The number of nitrogen functional groups attached to an aromatic ring is 1. The Balaban J connectivity index is 1.82. The van der Waals surface area contributed by atoms with Crippen LogP contribution in [0.15, 0.2) is 42.5 Å². The van der Waals surface area contributed by atoms with Gasteiger partial charge < -0.3 is 20.3 Å². The summed E-state index contributed by atoms with van der Waals surface area (Å²) in [6.45, 7) is 10.4. The Bertz CT molecular complexity index is 1100. The quantitative estimate of drug-likeness (QED) is 0.675. The van der Waals surface area contributed by atoms with E-state index in [1.165, 1.54) is 0 Å². The molecule has 1 fully saturated rings. The van der Waals surface area contributed by atoms with E-state index in [1.54, 1.807) is 0 Å². The van der Waals surface area contributed by atoms with E-state index in [2.05, 4.69) is 35.0 Å². The number of pyridine rings is 1. The Hall–Kier alpha value is -3.12. The van der Waals surface area contributed by atoms with Gasteiger partial charge in [0.15, 0.2) is 0 Å². The second-order valence-electron chi connectivity index (χ2n) is 7.87. The van der Waals surface area contributed by atoms with E-state index >= 15 is 0 Å². The predicted molar refractivity (Wildman–Crippen MR) is 127 cm³/mol. The molecular formula is C25H30N4O2. The number of fused-ring (bicyclic) bond motifs is 1. The van der Waals surface area contributed by atoms with Gasteiger partial charge in [-0.1, -0.05) is 18.2 Å². The molecule has 1 aliphatic heterocycles. The van der Waals surface area contributed by atoms with Crippen LogP contribution in [0.1, 0.15) is 29.8 Å². The Morgan fingerprint density at radius 1 is 1.13 bits per heavy atom. The lowest BCUT2D eigenvalue weighted by molar-refractivity contribution is 0.0773. The van der Waals surface area contributed by atoms with Gasteiger partial charge in [-0.15, -0.1) is 0 Å². The number of aryl methyl sites for hydroxylation is 1. The number of rotatable bonds is 5. The van der Waals surface area contributed by atoms with Crippen molar-refractivity contribution in [2.75, 3.05) is 50.0 Å². The van der Waals surface area contributed by atoms with Gasteiger partial charge in [0.2, 0.25) is 0 Å². The fourth-order valence-electron chi connectivity index (χ4n) is 4.30. The zero-order chi connectivity index (χ0) is 22.0. The number of morpholine rings is 1. The molecule has 0 atom stereocenters. The van der Waals surface area contributed by atoms with Crippen LogP contribution in [0.25, 0.3) is 22.0 Å². The second-order valence-corrected chi connectivity index (χ2v) is 7.87. The average Bonchev–Trinajstić information content (AvgIpc) is 2.79. The number of amides is 1. The van der Waals surface area contributed by atoms with E-state index in [0.29, 0.717) is 32.1 Å². The zero-order valence-electron chi connectivity index (χ0n) is 18.5. The van der Waals surface area contributed by atoms with E-state index in [0.717, 1.165) is 51.9 Å². The number of aromatic nitrogens is 1. The number of ether oxygens (including phenoxy) is 1. The van der Waals surface area contributed by atoms with Gasteiger partial charge in [0.1, 0.15) is 5.82 Å². The first-order chi connectivity index (χ1) is 15.0. The number of nitrogens with two attached hydrogens (primary N) is 1. The van der Waals surface area contributed by atoms with Crippen LogP contribution in [0.4, 0.5) is 11.5 Å². The Kier molecular flexibility index (Phi) is 6.09. The lowest BCUT2D eigenvalue weighted by Crippen LogP contribution is -2.36. The minimum atomic E-state index is 0.0632. The van der Waals surface area contributed by atoms with Crippen molar-refractivity contribution in [2.24, 2.45) is 0 Å². The van der Waals surface area contributed by atoms with Gasteiger partial charge in [-0.2, -0.15) is 0 Å². The lowest BCUT2D eigenvalue weighted by atomic mass is 9.93. The van der Waals surface area contributed by atoms with E-state index in [-0.39, 0.29) is 5.91 Å². The van der Waals surface area contributed by atoms with Crippen molar-refractivity contribution >= 4 is 28.3 Å². The molecule has 6 heteroatoms. The summed E-state index contributed by atoms with van der Waals surface area (Å²) in [6, 6.07) is 14.2. The van der Waals surface area contributed by atoms with Gasteiger partial charge in [0, 0.05) is 37.1 Å². The second kappa shape index (κ2) is 8.94. The van der Waals surface area contributed by atoms with Crippen molar-refractivity contribution in [1.29, 1.82) is 0 Å². The molecule has 0 saturated carbocycles. The number of carbonyl (C=O) groups is 1. The number of hydrogen-bond donors (Lipinski definition) is 1. The van der Waals surface area contributed by atoms with Gasteiger partial charge in [-0.05, 0) is 61.7 Å². The van der Waals surface area contributed by atoms with E-state index in [9.17, 15) is 4.79 Å². The van der Waals surface area contributed by atoms with Crippen molar-refractivity contribution in [2.45, 2.75) is 20.8 Å². The zero-order valence-corrected chi connectivity index (χ0v) is 18.5. The van der Waals surface area contributed by atoms with Gasteiger partial charge in [-0.3, -0.25) is 4.79 Å². The molecule has 31 heavy (non-hydrogen) atoms. The highest BCUT2D eigenvalue weighted by atomic mass is 16.5. The summed E-state index contributed by atoms with van der Waals surface area (Å²) < 4.78 is 5.47. The van der Waals surface area contributed by atoms with Crippen LogP contribution in [0.3, 0.4) is 0 Å². The standard InChI is InChI=1S/C25H30N4O2/c1-4-28(5-2)25(30)20-8-6-7-17(3)23(20)18-9-10-21-19(15-18)16-22(24(26)27-21)29-11-13-31-14-12-29/h6-10,15-16H,4-5,11-14H2,1-3H3,(H2,26,27). The molecule has 2 N–H and O–H groups in total. The molecule has 2 aromatic carbocycles. The molecule has 1 saturated heterocycles. The van der Waals surface area contributed by atoms with Crippen LogP contribution in [-0.2, 0) is 4.74 Å². The first-order valence-corrected chi connectivity index (χ1v) is 11.0. The predicted octanol–water partition coefficient (Wildman–Crippen LogP) is 4.11. The first kappa shape index (κ1) is 21.1. The highest BCUT2D eigenvalue weighted by molar-refractivity contribution is 6.02. The number of nitrogens with zero attached hydrogens (tertiary/aromatic N) is 3. The number of hydrogen-bond acceptors (Lipinski definition) is 5. The Morgan fingerprint density at radius 3 is 2.58 bits per heavy atom. The summed E-state index contributed by atoms with van der Waals surface area (Å²) in [4.78, 5) is 21.9. The van der Waals surface area contributed by atoms with Crippen LogP contribution >= 0.6 is 0 Å². The summed E-state index contributed by atoms with van der Waals surface area (Å²) in [7, 11) is 0. The normalized spacial score (nSPS) is 14.1. The molecule has 1 amide bonds. The molecule has 1 aliphatic rings. The maximum atomic E-state index is 13.2. The lowest BCUT2D eigenvalue weighted by Gasteiger charge is -2.29. The van der Waals surface area contributed by atoms with E-state index in [4.69, 9.17) is 10.5 Å². The van der Waals surface area contributed by atoms with Crippen molar-refractivity contribution in [3.63, 3.8) is 0 Å². The van der Waals surface area contributed by atoms with Gasteiger partial charge in [-0.25, -0.2) is 4.98 Å². The molecule has 0 radical (unpaired) electrons. The van der Waals surface area contributed by atoms with Crippen molar-refractivity contribution in [1.82, 2.24) is 9.88 Å². The summed E-state index contributed by atoms with van der Waals surface area (Å²) >= 11 is 0. The molecule has 0 aliphatic carbocycles. The molecule has 4 rings (SSSR count). The third kappa shape index (κ3) is 4.08. The molecule has 0 spiro atoms. The largest absolute Gasteiger partial charge is 0.382 e. The minimum absolute atomic E-state index is 0.0632. The molecular weight excluding hydrogens is 388 g/mol. The summed E-state index contributed by atoms with van der Waals surface area (Å²) in [5, 5.41) is 1.01. The molecule has 6 nitrogen and oxygen atoms in total. The number of carbonyl (C=O) groups excluding carboxylic acids is 1. The molecule has 1 aromatic heterocycles. The monoisotopic (exact) mass is 418 g/mol. The fraction of sp³-hybridized carbons (Fsp3) is 0.360. The molecule has 3 aromatic rings. The van der Waals surface area contributed by atoms with Crippen molar-refractivity contribution in [3.8, 4) is 11.1 Å². The Labute approximate surface area is 183 Å². The third-order valence-electron chi connectivity index (χ3n) is 6.02. The summed E-state index contributed by atoms with van der Waals surface area (Å²) in [5.74, 6) is 0.601. The maximum absolute atomic E-state index is 13.2. The van der Waals surface area contributed by atoms with E-state index < -0.39 is 0 Å². The SMILES string of the molecule is CCN(CC)C(=O)c1cccc(C)c1-c1ccc2nc(N)c(N3CCOCC3)cc2c1. The molecule has 0 unspecified atom stereocenters. The fourth-order valence-corrected chi connectivity index (χ4v) is 4.30. The van der Waals surface area contributed by atoms with Crippen LogP contribution in [0.5, 0.6) is 0 Å². The van der Waals surface area contributed by atoms with Gasteiger partial charge in [0.25, 0.3) is 5.91 Å². The number of benzene rings is 2.